The summed E-state index contributed by atoms with van der Waals surface area (Å²) in [6.07, 6.45) is 4.16. The molecule has 0 atom stereocenters. The summed E-state index contributed by atoms with van der Waals surface area (Å²) in [5, 5.41) is 5.86. The predicted octanol–water partition coefficient (Wildman–Crippen LogP) is 3.29. The van der Waals surface area contributed by atoms with Crippen LogP contribution in [0.15, 0.2) is 42.7 Å². The molecular formula is C15H16FN3O. The molecule has 104 valence electrons. The van der Waals surface area contributed by atoms with Crippen LogP contribution < -0.4 is 10.6 Å². The Kier molecular flexibility index (Phi) is 4.65. The Labute approximate surface area is 117 Å². The summed E-state index contributed by atoms with van der Waals surface area (Å²) in [4.78, 5) is 16.1. The van der Waals surface area contributed by atoms with E-state index in [9.17, 15) is 9.18 Å². The fourth-order valence-electron chi connectivity index (χ4n) is 1.67. The second kappa shape index (κ2) is 6.65. The molecular weight excluding hydrogens is 257 g/mol. The first-order valence-corrected chi connectivity index (χ1v) is 6.45. The zero-order valence-corrected chi connectivity index (χ0v) is 11.2. The number of hydrogen-bond acceptors (Lipinski definition) is 3. The Balaban J connectivity index is 2.06. The standard InChI is InChI=1S/C15H16FN3O/c1-2-7-18-14-8-11(9-17-10-14)15(20)19-13-5-3-12(16)4-6-13/h3-6,8-10,18H,2,7H2,1H3,(H,19,20). The number of hydrogen-bond donors (Lipinski definition) is 2. The third-order valence-electron chi connectivity index (χ3n) is 2.68. The predicted molar refractivity (Wildman–Crippen MR) is 77.4 cm³/mol. The van der Waals surface area contributed by atoms with Gasteiger partial charge in [-0.1, -0.05) is 6.92 Å². The first kappa shape index (κ1) is 14.0. The van der Waals surface area contributed by atoms with Gasteiger partial charge in [-0.05, 0) is 36.8 Å². The molecule has 20 heavy (non-hydrogen) atoms. The maximum Gasteiger partial charge on any atom is 0.257 e. The van der Waals surface area contributed by atoms with Gasteiger partial charge in [-0.2, -0.15) is 0 Å². The van der Waals surface area contributed by atoms with Crippen LogP contribution in [-0.2, 0) is 0 Å². The van der Waals surface area contributed by atoms with E-state index in [2.05, 4.69) is 22.5 Å². The Morgan fingerprint density at radius 2 is 1.95 bits per heavy atom. The molecule has 0 unspecified atom stereocenters. The Morgan fingerprint density at radius 1 is 1.20 bits per heavy atom. The largest absolute Gasteiger partial charge is 0.384 e. The highest BCUT2D eigenvalue weighted by atomic mass is 19.1. The summed E-state index contributed by atoms with van der Waals surface area (Å²) in [7, 11) is 0. The Hall–Kier alpha value is -2.43. The van der Waals surface area contributed by atoms with E-state index in [1.54, 1.807) is 12.3 Å². The maximum absolute atomic E-state index is 12.8. The number of pyridine rings is 1. The summed E-state index contributed by atoms with van der Waals surface area (Å²) in [6, 6.07) is 7.36. The number of halogens is 1. The average Bonchev–Trinajstić information content (AvgIpc) is 2.48. The molecule has 0 bridgehead atoms. The van der Waals surface area contributed by atoms with Crippen molar-refractivity contribution < 1.29 is 9.18 Å². The van der Waals surface area contributed by atoms with E-state index in [4.69, 9.17) is 0 Å². The van der Waals surface area contributed by atoms with Gasteiger partial charge in [0.1, 0.15) is 5.82 Å². The van der Waals surface area contributed by atoms with Crippen molar-refractivity contribution in [1.82, 2.24) is 4.98 Å². The second-order valence-corrected chi connectivity index (χ2v) is 4.35. The molecule has 4 nitrogen and oxygen atoms in total. The van der Waals surface area contributed by atoms with Gasteiger partial charge in [-0.25, -0.2) is 4.39 Å². The van der Waals surface area contributed by atoms with Gasteiger partial charge < -0.3 is 10.6 Å². The number of rotatable bonds is 5. The van der Waals surface area contributed by atoms with Gasteiger partial charge in [0, 0.05) is 24.6 Å². The van der Waals surface area contributed by atoms with Crippen LogP contribution in [0.1, 0.15) is 23.7 Å². The monoisotopic (exact) mass is 273 g/mol. The number of aromatic nitrogens is 1. The van der Waals surface area contributed by atoms with Gasteiger partial charge in [-0.15, -0.1) is 0 Å². The quantitative estimate of drug-likeness (QED) is 0.879. The van der Waals surface area contributed by atoms with Crippen molar-refractivity contribution in [2.75, 3.05) is 17.2 Å². The van der Waals surface area contributed by atoms with Crippen LogP contribution in [0.4, 0.5) is 15.8 Å². The van der Waals surface area contributed by atoms with Crippen molar-refractivity contribution in [1.29, 1.82) is 0 Å². The van der Waals surface area contributed by atoms with E-state index >= 15 is 0 Å². The number of nitrogens with zero attached hydrogens (tertiary/aromatic N) is 1. The van der Waals surface area contributed by atoms with Crippen molar-refractivity contribution in [2.45, 2.75) is 13.3 Å². The van der Waals surface area contributed by atoms with Crippen molar-refractivity contribution in [3.05, 3.63) is 54.1 Å². The van der Waals surface area contributed by atoms with Gasteiger partial charge >= 0.3 is 0 Å². The van der Waals surface area contributed by atoms with E-state index in [0.717, 1.165) is 18.7 Å². The molecule has 1 amide bonds. The highest BCUT2D eigenvalue weighted by molar-refractivity contribution is 6.04. The van der Waals surface area contributed by atoms with Gasteiger partial charge in [0.05, 0.1) is 11.3 Å². The Bertz CT molecular complexity index is 584. The summed E-state index contributed by atoms with van der Waals surface area (Å²) >= 11 is 0. The lowest BCUT2D eigenvalue weighted by Gasteiger charge is -2.07. The number of anilines is 2. The minimum Gasteiger partial charge on any atom is -0.384 e. The lowest BCUT2D eigenvalue weighted by molar-refractivity contribution is 0.102. The Morgan fingerprint density at radius 3 is 2.65 bits per heavy atom. The maximum atomic E-state index is 12.8. The van der Waals surface area contributed by atoms with Gasteiger partial charge in [0.2, 0.25) is 0 Å². The zero-order chi connectivity index (χ0) is 14.4. The van der Waals surface area contributed by atoms with Crippen LogP contribution in [0, 0.1) is 5.82 Å². The molecule has 1 aromatic carbocycles. The summed E-state index contributed by atoms with van der Waals surface area (Å²) < 4.78 is 12.8. The normalized spacial score (nSPS) is 10.1. The van der Waals surface area contributed by atoms with Crippen molar-refractivity contribution >= 4 is 17.3 Å². The van der Waals surface area contributed by atoms with E-state index in [0.29, 0.717) is 11.3 Å². The van der Waals surface area contributed by atoms with Crippen LogP contribution in [0.2, 0.25) is 0 Å². The molecule has 0 radical (unpaired) electrons. The highest BCUT2D eigenvalue weighted by Gasteiger charge is 2.07. The lowest BCUT2D eigenvalue weighted by Crippen LogP contribution is -2.13. The third kappa shape index (κ3) is 3.78. The van der Waals surface area contributed by atoms with Crippen LogP contribution in [0.3, 0.4) is 0 Å². The molecule has 0 saturated carbocycles. The molecule has 0 aliphatic carbocycles. The summed E-state index contributed by atoms with van der Waals surface area (Å²) in [5.74, 6) is -0.611. The molecule has 2 rings (SSSR count). The fourth-order valence-corrected chi connectivity index (χ4v) is 1.67. The van der Waals surface area contributed by atoms with Crippen molar-refractivity contribution in [3.8, 4) is 0 Å². The van der Waals surface area contributed by atoms with Gasteiger partial charge in [0.15, 0.2) is 0 Å². The lowest BCUT2D eigenvalue weighted by atomic mass is 10.2. The van der Waals surface area contributed by atoms with Crippen molar-refractivity contribution in [2.24, 2.45) is 0 Å². The molecule has 2 N–H and O–H groups in total. The van der Waals surface area contributed by atoms with E-state index in [-0.39, 0.29) is 11.7 Å². The number of nitrogens with one attached hydrogen (secondary N) is 2. The number of amides is 1. The van der Waals surface area contributed by atoms with Gasteiger partial charge in [-0.3, -0.25) is 9.78 Å². The van der Waals surface area contributed by atoms with E-state index < -0.39 is 0 Å². The highest BCUT2D eigenvalue weighted by Crippen LogP contribution is 2.12. The molecule has 1 heterocycles. The van der Waals surface area contributed by atoms with Crippen molar-refractivity contribution in [3.63, 3.8) is 0 Å². The first-order valence-electron chi connectivity index (χ1n) is 6.45. The molecule has 0 aliphatic heterocycles. The first-order chi connectivity index (χ1) is 9.69. The van der Waals surface area contributed by atoms with E-state index in [1.807, 2.05) is 0 Å². The molecule has 0 saturated heterocycles. The van der Waals surface area contributed by atoms with Crippen LogP contribution in [0.5, 0.6) is 0 Å². The number of carbonyl (C=O) groups excluding carboxylic acids is 1. The molecule has 0 spiro atoms. The molecule has 0 fully saturated rings. The zero-order valence-electron chi connectivity index (χ0n) is 11.2. The minimum absolute atomic E-state index is 0.274. The SMILES string of the molecule is CCCNc1cncc(C(=O)Nc2ccc(F)cc2)c1. The van der Waals surface area contributed by atoms with E-state index in [1.165, 1.54) is 30.5 Å². The second-order valence-electron chi connectivity index (χ2n) is 4.35. The molecule has 0 aliphatic rings. The van der Waals surface area contributed by atoms with Crippen LogP contribution in [0.25, 0.3) is 0 Å². The third-order valence-corrected chi connectivity index (χ3v) is 2.68. The summed E-state index contributed by atoms with van der Waals surface area (Å²) in [5.41, 5.74) is 1.80. The summed E-state index contributed by atoms with van der Waals surface area (Å²) in [6.45, 7) is 2.89. The number of carbonyl (C=O) groups is 1. The van der Waals surface area contributed by atoms with Crippen LogP contribution in [-0.4, -0.2) is 17.4 Å². The topological polar surface area (TPSA) is 54.0 Å². The minimum atomic E-state index is -0.338. The van der Waals surface area contributed by atoms with Crippen LogP contribution >= 0.6 is 0 Å². The number of benzene rings is 1. The fraction of sp³-hybridized carbons (Fsp3) is 0.200. The molecule has 2 aromatic rings. The molecule has 5 heteroatoms. The molecule has 1 aromatic heterocycles. The van der Waals surface area contributed by atoms with Gasteiger partial charge in [0.25, 0.3) is 5.91 Å². The average molecular weight is 273 g/mol. The smallest absolute Gasteiger partial charge is 0.257 e.